The van der Waals surface area contributed by atoms with Gasteiger partial charge in [-0.2, -0.15) is 0 Å². The Morgan fingerprint density at radius 3 is 2.30 bits per heavy atom. The maximum absolute atomic E-state index is 5.60. The number of hydrogen-bond donors (Lipinski definition) is 2. The fraction of sp³-hybridized carbons (Fsp3) is 0.409. The van der Waals surface area contributed by atoms with Crippen molar-refractivity contribution < 1.29 is 4.74 Å². The minimum absolute atomic E-state index is 0.163. The van der Waals surface area contributed by atoms with Crippen LogP contribution in [0.3, 0.4) is 0 Å². The van der Waals surface area contributed by atoms with Gasteiger partial charge < -0.3 is 15.4 Å². The topological polar surface area (TPSA) is 36.5 Å². The molecule has 2 atom stereocenters. The largest absolute Gasteiger partial charge is 0.379 e. The molecule has 4 nitrogen and oxygen atoms in total. The molecule has 0 radical (unpaired) electrons. The van der Waals surface area contributed by atoms with Crippen LogP contribution in [0, 0.1) is 13.8 Å². The van der Waals surface area contributed by atoms with E-state index in [1.165, 1.54) is 16.7 Å². The van der Waals surface area contributed by atoms with Crippen LogP contribution in [0.2, 0.25) is 0 Å². The lowest BCUT2D eigenvalue weighted by Gasteiger charge is -2.38. The van der Waals surface area contributed by atoms with Crippen LogP contribution in [0.5, 0.6) is 0 Å². The van der Waals surface area contributed by atoms with Gasteiger partial charge in [0.25, 0.3) is 0 Å². The molecule has 3 rings (SSSR count). The molecule has 2 aromatic carbocycles. The third-order valence-corrected chi connectivity index (χ3v) is 5.11. The molecular formula is C22H29N3OS. The third-order valence-electron chi connectivity index (χ3n) is 4.89. The zero-order valence-electron chi connectivity index (χ0n) is 16.4. The van der Waals surface area contributed by atoms with E-state index < -0.39 is 0 Å². The van der Waals surface area contributed by atoms with Crippen LogP contribution >= 0.6 is 12.2 Å². The molecule has 0 bridgehead atoms. The summed E-state index contributed by atoms with van der Waals surface area (Å²) in [5.41, 5.74) is 4.78. The van der Waals surface area contributed by atoms with Crippen molar-refractivity contribution in [2.24, 2.45) is 0 Å². The second-order valence-electron chi connectivity index (χ2n) is 7.27. The minimum atomic E-state index is 0.163. The van der Waals surface area contributed by atoms with Crippen molar-refractivity contribution in [1.29, 1.82) is 0 Å². The molecule has 1 aliphatic heterocycles. The quantitative estimate of drug-likeness (QED) is 0.762. The highest BCUT2D eigenvalue weighted by atomic mass is 32.1. The second-order valence-corrected chi connectivity index (χ2v) is 7.68. The number of rotatable bonds is 5. The Labute approximate surface area is 167 Å². The molecule has 2 aromatic rings. The van der Waals surface area contributed by atoms with Gasteiger partial charge in [-0.15, -0.1) is 0 Å². The monoisotopic (exact) mass is 383 g/mol. The molecule has 0 spiro atoms. The molecule has 0 aliphatic carbocycles. The normalized spacial score (nSPS) is 17.1. The summed E-state index contributed by atoms with van der Waals surface area (Å²) in [6.45, 7) is 9.82. The van der Waals surface area contributed by atoms with Crippen molar-refractivity contribution in [2.45, 2.75) is 32.9 Å². The zero-order valence-corrected chi connectivity index (χ0v) is 17.2. The van der Waals surface area contributed by atoms with E-state index in [1.54, 1.807) is 0 Å². The van der Waals surface area contributed by atoms with Crippen molar-refractivity contribution in [3.63, 3.8) is 0 Å². The van der Waals surface area contributed by atoms with Crippen molar-refractivity contribution in [1.82, 2.24) is 10.2 Å². The smallest absolute Gasteiger partial charge is 0.171 e. The van der Waals surface area contributed by atoms with Gasteiger partial charge >= 0.3 is 0 Å². The Balaban J connectivity index is 1.71. The lowest BCUT2D eigenvalue weighted by Crippen LogP contribution is -2.49. The molecule has 2 N–H and O–H groups in total. The predicted molar refractivity (Wildman–Crippen MR) is 116 cm³/mol. The Bertz CT molecular complexity index is 739. The Morgan fingerprint density at radius 2 is 1.67 bits per heavy atom. The number of nitrogens with zero attached hydrogens (tertiary/aromatic N) is 1. The van der Waals surface area contributed by atoms with Gasteiger partial charge in [-0.05, 0) is 61.8 Å². The van der Waals surface area contributed by atoms with Crippen molar-refractivity contribution in [3.05, 3.63) is 65.2 Å². The fourth-order valence-corrected chi connectivity index (χ4v) is 4.13. The van der Waals surface area contributed by atoms with E-state index in [0.29, 0.717) is 5.11 Å². The molecule has 1 saturated heterocycles. The van der Waals surface area contributed by atoms with Crippen LogP contribution in [0.4, 0.5) is 5.69 Å². The number of ether oxygens (including phenoxy) is 1. The molecule has 1 heterocycles. The SMILES string of the molecule is Cc1cc(C)cc(NC(=S)N[C@H](C)[C@@H](c2ccccc2)N2CCOCC2)c1. The molecule has 144 valence electrons. The highest BCUT2D eigenvalue weighted by Crippen LogP contribution is 2.25. The molecule has 1 aliphatic rings. The van der Waals surface area contributed by atoms with Gasteiger partial charge in [0.2, 0.25) is 0 Å². The van der Waals surface area contributed by atoms with Gasteiger partial charge in [0.1, 0.15) is 0 Å². The molecule has 27 heavy (non-hydrogen) atoms. The zero-order chi connectivity index (χ0) is 19.2. The number of nitrogens with one attached hydrogen (secondary N) is 2. The van der Waals surface area contributed by atoms with E-state index in [9.17, 15) is 0 Å². The van der Waals surface area contributed by atoms with E-state index in [2.05, 4.69) is 84.8 Å². The van der Waals surface area contributed by atoms with Gasteiger partial charge in [0.05, 0.1) is 19.3 Å². The van der Waals surface area contributed by atoms with Crippen LogP contribution in [-0.2, 0) is 4.74 Å². The molecule has 0 amide bonds. The van der Waals surface area contributed by atoms with Crippen molar-refractivity contribution >= 4 is 23.0 Å². The number of morpholine rings is 1. The van der Waals surface area contributed by atoms with Gasteiger partial charge in [0.15, 0.2) is 5.11 Å². The van der Waals surface area contributed by atoms with E-state index in [0.717, 1.165) is 32.0 Å². The summed E-state index contributed by atoms with van der Waals surface area (Å²) in [6, 6.07) is 17.4. The Kier molecular flexibility index (Phi) is 6.83. The first kappa shape index (κ1) is 19.8. The molecule has 0 aromatic heterocycles. The first-order valence-electron chi connectivity index (χ1n) is 9.55. The third kappa shape index (κ3) is 5.51. The standard InChI is InChI=1S/C22H29N3OS/c1-16-13-17(2)15-20(14-16)24-22(27)23-18(3)21(19-7-5-4-6-8-19)25-9-11-26-12-10-25/h4-8,13-15,18,21H,9-12H2,1-3H3,(H2,23,24,27)/t18-,21+/m1/s1. The summed E-state index contributed by atoms with van der Waals surface area (Å²) in [7, 11) is 0. The number of aryl methyl sites for hydroxylation is 2. The van der Waals surface area contributed by atoms with Gasteiger partial charge in [-0.3, -0.25) is 4.90 Å². The van der Waals surface area contributed by atoms with E-state index >= 15 is 0 Å². The number of thiocarbonyl (C=S) groups is 1. The summed E-state index contributed by atoms with van der Waals surface area (Å²) in [5, 5.41) is 7.50. The summed E-state index contributed by atoms with van der Waals surface area (Å²) < 4.78 is 5.55. The van der Waals surface area contributed by atoms with Crippen LogP contribution in [0.25, 0.3) is 0 Å². The van der Waals surface area contributed by atoms with Gasteiger partial charge in [-0.1, -0.05) is 36.4 Å². The maximum Gasteiger partial charge on any atom is 0.171 e. The van der Waals surface area contributed by atoms with Crippen molar-refractivity contribution in [2.75, 3.05) is 31.6 Å². The van der Waals surface area contributed by atoms with Crippen LogP contribution in [0.1, 0.15) is 29.7 Å². The molecular weight excluding hydrogens is 354 g/mol. The van der Waals surface area contributed by atoms with Crippen LogP contribution in [0.15, 0.2) is 48.5 Å². The lowest BCUT2D eigenvalue weighted by atomic mass is 9.98. The summed E-state index contributed by atoms with van der Waals surface area (Å²) >= 11 is 5.60. The highest BCUT2D eigenvalue weighted by molar-refractivity contribution is 7.80. The Morgan fingerprint density at radius 1 is 1.04 bits per heavy atom. The van der Waals surface area contributed by atoms with Crippen LogP contribution in [-0.4, -0.2) is 42.4 Å². The lowest BCUT2D eigenvalue weighted by molar-refractivity contribution is 0.0102. The van der Waals surface area contributed by atoms with Crippen LogP contribution < -0.4 is 10.6 Å². The molecule has 0 unspecified atom stereocenters. The molecule has 5 heteroatoms. The van der Waals surface area contributed by atoms with Crippen molar-refractivity contribution in [3.8, 4) is 0 Å². The summed E-state index contributed by atoms with van der Waals surface area (Å²) in [4.78, 5) is 2.48. The maximum atomic E-state index is 5.60. The summed E-state index contributed by atoms with van der Waals surface area (Å²) in [6.07, 6.45) is 0. The molecule has 0 saturated carbocycles. The number of hydrogen-bond acceptors (Lipinski definition) is 3. The summed E-state index contributed by atoms with van der Waals surface area (Å²) in [5.74, 6) is 0. The first-order chi connectivity index (χ1) is 13.0. The van der Waals surface area contributed by atoms with Gasteiger partial charge in [0, 0.05) is 24.8 Å². The second kappa shape index (κ2) is 9.31. The van der Waals surface area contributed by atoms with E-state index in [1.807, 2.05) is 0 Å². The number of anilines is 1. The highest BCUT2D eigenvalue weighted by Gasteiger charge is 2.28. The molecule has 1 fully saturated rings. The fourth-order valence-electron chi connectivity index (χ4n) is 3.82. The predicted octanol–water partition coefficient (Wildman–Crippen LogP) is 4.05. The first-order valence-corrected chi connectivity index (χ1v) is 9.96. The number of benzene rings is 2. The van der Waals surface area contributed by atoms with E-state index in [-0.39, 0.29) is 12.1 Å². The average Bonchev–Trinajstić information content (AvgIpc) is 2.62. The Hall–Kier alpha value is -1.95. The van der Waals surface area contributed by atoms with E-state index in [4.69, 9.17) is 17.0 Å². The van der Waals surface area contributed by atoms with Gasteiger partial charge in [-0.25, -0.2) is 0 Å². The minimum Gasteiger partial charge on any atom is -0.379 e. The average molecular weight is 384 g/mol.